The molecule has 0 aliphatic rings. The van der Waals surface area contributed by atoms with Gasteiger partial charge in [0.05, 0.1) is 0 Å². The summed E-state index contributed by atoms with van der Waals surface area (Å²) in [4.78, 5) is 11.3. The fraction of sp³-hybridized carbons (Fsp3) is 0.111. The fourth-order valence-corrected chi connectivity index (χ4v) is 1.32. The molecule has 13 heavy (non-hydrogen) atoms. The molecule has 4 heteroatoms. The van der Waals surface area contributed by atoms with Gasteiger partial charge in [-0.3, -0.25) is 0 Å². The second-order valence-corrected chi connectivity index (χ2v) is 2.75. The van der Waals surface area contributed by atoms with Crippen LogP contribution in [0.15, 0.2) is 41.8 Å². The molecule has 0 bridgehead atoms. The van der Waals surface area contributed by atoms with Crippen molar-refractivity contribution in [3.63, 3.8) is 0 Å². The minimum Gasteiger partial charge on any atom is -0.216 e. The summed E-state index contributed by atoms with van der Waals surface area (Å²) in [6.07, 6.45) is 3.47. The number of H-pyrrole nitrogens is 1. The number of pyridine rings is 1. The van der Waals surface area contributed by atoms with Gasteiger partial charge in [-0.25, -0.2) is 4.79 Å². The molecule has 0 spiro atoms. The summed E-state index contributed by atoms with van der Waals surface area (Å²) in [5.41, 5.74) is 0.713. The Morgan fingerprint density at radius 2 is 2.46 bits per heavy atom. The van der Waals surface area contributed by atoms with Crippen LogP contribution in [0.1, 0.15) is 0 Å². The Kier molecular flexibility index (Phi) is 1.73. The lowest BCUT2D eigenvalue weighted by atomic mass is 10.5. The van der Waals surface area contributed by atoms with E-state index in [4.69, 9.17) is 0 Å². The molecule has 0 saturated heterocycles. The van der Waals surface area contributed by atoms with Crippen molar-refractivity contribution in [1.29, 1.82) is 0 Å². The molecule has 0 aliphatic carbocycles. The van der Waals surface area contributed by atoms with Gasteiger partial charge < -0.3 is 0 Å². The third kappa shape index (κ3) is 1.16. The van der Waals surface area contributed by atoms with E-state index >= 15 is 0 Å². The topological polar surface area (TPSA) is 41.1 Å². The van der Waals surface area contributed by atoms with Gasteiger partial charge >= 0.3 is 11.3 Å². The first kappa shape index (κ1) is 7.79. The quantitative estimate of drug-likeness (QED) is 0.511. The van der Waals surface area contributed by atoms with Crippen LogP contribution in [0.4, 0.5) is 0 Å². The summed E-state index contributed by atoms with van der Waals surface area (Å²) in [5.74, 6) is 0. The van der Waals surface area contributed by atoms with E-state index in [9.17, 15) is 4.79 Å². The largest absolute Gasteiger partial charge is 0.448 e. The number of aromatic nitrogens is 3. The molecule has 2 aromatic heterocycles. The Labute approximate surface area is 74.7 Å². The lowest BCUT2D eigenvalue weighted by Gasteiger charge is -1.87. The highest BCUT2D eigenvalue weighted by atomic mass is 16.1. The number of hydrogen-bond acceptors (Lipinski definition) is 1. The lowest BCUT2D eigenvalue weighted by molar-refractivity contribution is -0.719. The van der Waals surface area contributed by atoms with Crippen LogP contribution in [0.5, 0.6) is 0 Å². The zero-order valence-electron chi connectivity index (χ0n) is 7.10. The van der Waals surface area contributed by atoms with Crippen LogP contribution in [-0.4, -0.2) is 9.50 Å². The van der Waals surface area contributed by atoms with Gasteiger partial charge in [0.1, 0.15) is 12.7 Å². The molecular formula is C9H10N3O+. The van der Waals surface area contributed by atoms with E-state index in [1.54, 1.807) is 21.4 Å². The Balaban J connectivity index is 2.77. The van der Waals surface area contributed by atoms with E-state index in [0.29, 0.717) is 6.54 Å². The standard InChI is InChI=1S/C9H9N3O/c1-2-6-12-8-5-3-4-7-11(8)9(13)10-12/h2-5,7H,1,6H2/p+1. The van der Waals surface area contributed by atoms with Crippen LogP contribution < -0.4 is 10.4 Å². The maximum atomic E-state index is 11.3. The van der Waals surface area contributed by atoms with Gasteiger partial charge in [-0.05, 0) is 12.1 Å². The van der Waals surface area contributed by atoms with Gasteiger partial charge in [-0.15, -0.1) is 9.08 Å². The molecule has 0 unspecified atom stereocenters. The molecule has 0 aromatic carbocycles. The lowest BCUT2D eigenvalue weighted by Crippen LogP contribution is -2.36. The predicted octanol–water partition coefficient (Wildman–Crippen LogP) is 0.101. The van der Waals surface area contributed by atoms with Gasteiger partial charge in [0.15, 0.2) is 0 Å². The third-order valence-electron chi connectivity index (χ3n) is 1.88. The average Bonchev–Trinajstić information content (AvgIpc) is 2.46. The monoisotopic (exact) mass is 176 g/mol. The minimum atomic E-state index is -0.127. The molecule has 0 radical (unpaired) electrons. The highest BCUT2D eigenvalue weighted by molar-refractivity contribution is 5.29. The first-order valence-corrected chi connectivity index (χ1v) is 4.03. The molecule has 2 heterocycles. The number of aromatic amines is 1. The van der Waals surface area contributed by atoms with Crippen molar-refractivity contribution in [3.8, 4) is 0 Å². The number of nitrogens with zero attached hydrogens (tertiary/aromatic N) is 2. The van der Waals surface area contributed by atoms with Crippen molar-refractivity contribution < 1.29 is 4.68 Å². The van der Waals surface area contributed by atoms with Gasteiger partial charge in [-0.1, -0.05) is 12.6 Å². The number of fused-ring (bicyclic) bond motifs is 1. The van der Waals surface area contributed by atoms with Gasteiger partial charge in [0.25, 0.3) is 0 Å². The third-order valence-corrected chi connectivity index (χ3v) is 1.88. The number of nitrogens with one attached hydrogen (secondary N) is 1. The Morgan fingerprint density at radius 1 is 1.62 bits per heavy atom. The molecule has 4 nitrogen and oxygen atoms in total. The number of allylic oxidation sites excluding steroid dienone is 1. The van der Waals surface area contributed by atoms with Gasteiger partial charge in [0, 0.05) is 6.07 Å². The molecule has 0 atom stereocenters. The van der Waals surface area contributed by atoms with E-state index in [0.717, 1.165) is 5.65 Å². The van der Waals surface area contributed by atoms with Crippen molar-refractivity contribution in [1.82, 2.24) is 9.50 Å². The van der Waals surface area contributed by atoms with Crippen LogP contribution >= 0.6 is 0 Å². The smallest absolute Gasteiger partial charge is 0.216 e. The van der Waals surface area contributed by atoms with Crippen LogP contribution in [0.2, 0.25) is 0 Å². The molecule has 2 rings (SSSR count). The normalized spacial score (nSPS) is 10.5. The Bertz CT molecular complexity index is 495. The van der Waals surface area contributed by atoms with E-state index < -0.39 is 0 Å². The minimum absolute atomic E-state index is 0.127. The summed E-state index contributed by atoms with van der Waals surface area (Å²) in [7, 11) is 0. The van der Waals surface area contributed by atoms with Crippen LogP contribution in [-0.2, 0) is 6.54 Å². The molecule has 0 aliphatic heterocycles. The zero-order valence-corrected chi connectivity index (χ0v) is 7.10. The Morgan fingerprint density at radius 3 is 3.23 bits per heavy atom. The SMILES string of the molecule is C=CC[n+]1[nH]c(=O)n2ccccc21. The second kappa shape index (κ2) is 2.90. The maximum absolute atomic E-state index is 11.3. The van der Waals surface area contributed by atoms with Crippen molar-refractivity contribution in [3.05, 3.63) is 47.5 Å². The van der Waals surface area contributed by atoms with E-state index in [-0.39, 0.29) is 5.69 Å². The highest BCUT2D eigenvalue weighted by Crippen LogP contribution is 1.91. The molecule has 1 N–H and O–H groups in total. The number of rotatable bonds is 2. The molecule has 0 amide bonds. The first-order chi connectivity index (χ1) is 6.33. The summed E-state index contributed by atoms with van der Waals surface area (Å²) in [6.45, 7) is 4.23. The zero-order chi connectivity index (χ0) is 9.26. The maximum Gasteiger partial charge on any atom is 0.448 e. The van der Waals surface area contributed by atoms with E-state index in [1.807, 2.05) is 18.2 Å². The molecule has 0 saturated carbocycles. The van der Waals surface area contributed by atoms with Crippen molar-refractivity contribution in [2.24, 2.45) is 0 Å². The van der Waals surface area contributed by atoms with Crippen LogP contribution in [0.25, 0.3) is 5.65 Å². The average molecular weight is 176 g/mol. The van der Waals surface area contributed by atoms with Gasteiger partial charge in [0.2, 0.25) is 0 Å². The molecule has 66 valence electrons. The highest BCUT2D eigenvalue weighted by Gasteiger charge is 2.10. The van der Waals surface area contributed by atoms with E-state index in [2.05, 4.69) is 11.7 Å². The molecular weight excluding hydrogens is 166 g/mol. The van der Waals surface area contributed by atoms with E-state index in [1.165, 1.54) is 0 Å². The Hall–Kier alpha value is -1.84. The van der Waals surface area contributed by atoms with Gasteiger partial charge in [-0.2, -0.15) is 5.10 Å². The number of hydrogen-bond donors (Lipinski definition) is 1. The molecule has 2 aromatic rings. The second-order valence-electron chi connectivity index (χ2n) is 2.75. The fourth-order valence-electron chi connectivity index (χ4n) is 1.32. The first-order valence-electron chi connectivity index (χ1n) is 4.03. The van der Waals surface area contributed by atoms with Crippen molar-refractivity contribution in [2.45, 2.75) is 6.54 Å². The van der Waals surface area contributed by atoms with Crippen LogP contribution in [0.3, 0.4) is 0 Å². The van der Waals surface area contributed by atoms with Crippen molar-refractivity contribution >= 4 is 5.65 Å². The summed E-state index contributed by atoms with van der Waals surface area (Å²) < 4.78 is 3.30. The summed E-state index contributed by atoms with van der Waals surface area (Å²) in [5, 5.41) is 2.71. The molecule has 0 fully saturated rings. The van der Waals surface area contributed by atoms with Crippen molar-refractivity contribution in [2.75, 3.05) is 0 Å². The summed E-state index contributed by atoms with van der Waals surface area (Å²) >= 11 is 0. The summed E-state index contributed by atoms with van der Waals surface area (Å²) in [6, 6.07) is 5.59. The predicted molar refractivity (Wildman–Crippen MR) is 48.4 cm³/mol. The van der Waals surface area contributed by atoms with Crippen LogP contribution in [0, 0.1) is 0 Å².